The van der Waals surface area contributed by atoms with Gasteiger partial charge in [-0.15, -0.1) is 0 Å². The van der Waals surface area contributed by atoms with E-state index in [0.717, 1.165) is 11.1 Å². The third-order valence-electron chi connectivity index (χ3n) is 5.18. The second-order valence-electron chi connectivity index (χ2n) is 7.12. The van der Waals surface area contributed by atoms with Gasteiger partial charge in [0.2, 0.25) is 0 Å². The van der Waals surface area contributed by atoms with Gasteiger partial charge in [0.25, 0.3) is 5.56 Å². The van der Waals surface area contributed by atoms with E-state index in [1.807, 2.05) is 32.0 Å². The smallest absolute Gasteiger partial charge is 0.342 e. The molecule has 1 heterocycles. The second kappa shape index (κ2) is 8.84. The van der Waals surface area contributed by atoms with Gasteiger partial charge in [-0.05, 0) is 48.7 Å². The number of aromatic nitrogens is 1. The summed E-state index contributed by atoms with van der Waals surface area (Å²) in [5, 5.41) is 19.2. The third-order valence-corrected chi connectivity index (χ3v) is 5.18. The van der Waals surface area contributed by atoms with Crippen LogP contribution >= 0.6 is 0 Å². The number of nitrogen functional groups attached to an aromatic ring is 1. The van der Waals surface area contributed by atoms with Crippen molar-refractivity contribution in [1.29, 1.82) is 0 Å². The lowest BCUT2D eigenvalue weighted by Crippen LogP contribution is -2.24. The minimum Gasteiger partial charge on any atom is -0.496 e. The van der Waals surface area contributed by atoms with Crippen LogP contribution in [0.25, 0.3) is 11.1 Å². The summed E-state index contributed by atoms with van der Waals surface area (Å²) in [5.74, 6) is -2.37. The average Bonchev–Trinajstić information content (AvgIpc) is 2.73. The summed E-state index contributed by atoms with van der Waals surface area (Å²) < 4.78 is 11.3. The van der Waals surface area contributed by atoms with Crippen LogP contribution in [0.4, 0.5) is 5.82 Å². The molecule has 32 heavy (non-hydrogen) atoms. The van der Waals surface area contributed by atoms with Crippen LogP contribution in [0.1, 0.15) is 37.4 Å². The Bertz CT molecular complexity index is 1280. The van der Waals surface area contributed by atoms with Crippen LogP contribution < -0.4 is 20.8 Å². The van der Waals surface area contributed by atoms with Crippen molar-refractivity contribution < 1.29 is 29.3 Å². The third kappa shape index (κ3) is 4.13. The van der Waals surface area contributed by atoms with Crippen molar-refractivity contribution in [2.75, 3.05) is 12.8 Å². The molecule has 0 amide bonds. The van der Waals surface area contributed by atoms with Crippen LogP contribution in [-0.4, -0.2) is 34.2 Å². The second-order valence-corrected chi connectivity index (χ2v) is 7.12. The van der Waals surface area contributed by atoms with Crippen molar-refractivity contribution in [3.05, 3.63) is 74.6 Å². The maximum atomic E-state index is 12.3. The number of rotatable bonds is 7. The topological polar surface area (TPSA) is 152 Å². The predicted octanol–water partition coefficient (Wildman–Crippen LogP) is 3.22. The van der Waals surface area contributed by atoms with E-state index >= 15 is 0 Å². The van der Waals surface area contributed by atoms with Crippen molar-refractivity contribution in [3.8, 4) is 22.6 Å². The van der Waals surface area contributed by atoms with Gasteiger partial charge in [-0.1, -0.05) is 18.2 Å². The van der Waals surface area contributed by atoms with Crippen LogP contribution in [0.2, 0.25) is 0 Å². The highest BCUT2D eigenvalue weighted by atomic mass is 16.5. The molecule has 0 fully saturated rings. The highest BCUT2D eigenvalue weighted by Crippen LogP contribution is 2.33. The van der Waals surface area contributed by atoms with E-state index in [2.05, 4.69) is 4.98 Å². The van der Waals surface area contributed by atoms with E-state index in [9.17, 15) is 24.6 Å². The number of ether oxygens (including phenoxy) is 2. The fourth-order valence-electron chi connectivity index (χ4n) is 3.42. The van der Waals surface area contributed by atoms with Crippen molar-refractivity contribution >= 4 is 17.8 Å². The Labute approximate surface area is 183 Å². The molecule has 0 radical (unpaired) electrons. The van der Waals surface area contributed by atoms with Crippen molar-refractivity contribution in [3.63, 3.8) is 0 Å². The number of hydrogen-bond donors (Lipinski definition) is 4. The van der Waals surface area contributed by atoms with Crippen molar-refractivity contribution in [2.24, 2.45) is 0 Å². The van der Waals surface area contributed by atoms with Gasteiger partial charge < -0.3 is 30.4 Å². The SMILES string of the molecule is COc1ccc(-c2c(C(=O)O)c(N)[nH]c(=O)c2C(=O)O)cc1COc1cccc(C)c1C. The minimum absolute atomic E-state index is 0.0603. The molecule has 166 valence electrons. The molecule has 0 spiro atoms. The van der Waals surface area contributed by atoms with Crippen molar-refractivity contribution in [2.45, 2.75) is 20.5 Å². The van der Waals surface area contributed by atoms with Gasteiger partial charge in [0, 0.05) is 11.1 Å². The zero-order chi connectivity index (χ0) is 23.6. The van der Waals surface area contributed by atoms with Crippen LogP contribution in [0.3, 0.4) is 0 Å². The molecule has 1 aromatic heterocycles. The normalized spacial score (nSPS) is 10.6. The zero-order valence-electron chi connectivity index (χ0n) is 17.7. The maximum absolute atomic E-state index is 12.3. The number of carboxylic acid groups (broad SMARTS) is 2. The Morgan fingerprint density at radius 1 is 1.03 bits per heavy atom. The molecule has 2 aromatic carbocycles. The number of methoxy groups -OCH3 is 1. The summed E-state index contributed by atoms with van der Waals surface area (Å²) in [4.78, 5) is 38.0. The van der Waals surface area contributed by atoms with E-state index in [0.29, 0.717) is 17.1 Å². The molecule has 0 bridgehead atoms. The fourth-order valence-corrected chi connectivity index (χ4v) is 3.42. The highest BCUT2D eigenvalue weighted by Gasteiger charge is 2.27. The molecule has 0 saturated heterocycles. The van der Waals surface area contributed by atoms with Gasteiger partial charge in [0.1, 0.15) is 35.1 Å². The number of aryl methyl sites for hydroxylation is 1. The fraction of sp³-hybridized carbons (Fsp3) is 0.174. The lowest BCUT2D eigenvalue weighted by Gasteiger charge is -2.16. The molecule has 3 aromatic rings. The van der Waals surface area contributed by atoms with E-state index in [1.54, 1.807) is 6.07 Å². The maximum Gasteiger partial charge on any atom is 0.342 e. The number of nitrogens with two attached hydrogens (primary N) is 1. The highest BCUT2D eigenvalue weighted by molar-refractivity contribution is 6.07. The van der Waals surface area contributed by atoms with Gasteiger partial charge in [-0.25, -0.2) is 9.59 Å². The molecule has 0 atom stereocenters. The number of nitrogens with one attached hydrogen (secondary N) is 1. The molecule has 0 unspecified atom stereocenters. The Kier molecular flexibility index (Phi) is 6.20. The van der Waals surface area contributed by atoms with Gasteiger partial charge in [-0.2, -0.15) is 0 Å². The number of hydrogen-bond acceptors (Lipinski definition) is 6. The molecule has 0 saturated carbocycles. The number of aromatic carboxylic acids is 2. The largest absolute Gasteiger partial charge is 0.496 e. The summed E-state index contributed by atoms with van der Waals surface area (Å²) in [6, 6.07) is 10.2. The molecule has 0 aliphatic heterocycles. The van der Waals surface area contributed by atoms with E-state index < -0.39 is 34.4 Å². The number of benzene rings is 2. The first-order valence-corrected chi connectivity index (χ1v) is 9.54. The Hall–Kier alpha value is -4.27. The van der Waals surface area contributed by atoms with Gasteiger partial charge in [0.05, 0.1) is 7.11 Å². The molecule has 9 nitrogen and oxygen atoms in total. The summed E-state index contributed by atoms with van der Waals surface area (Å²) >= 11 is 0. The predicted molar refractivity (Wildman–Crippen MR) is 118 cm³/mol. The number of pyridine rings is 1. The summed E-state index contributed by atoms with van der Waals surface area (Å²) in [5.41, 5.74) is 5.92. The van der Waals surface area contributed by atoms with E-state index in [-0.39, 0.29) is 17.7 Å². The summed E-state index contributed by atoms with van der Waals surface area (Å²) in [7, 11) is 1.47. The first-order chi connectivity index (χ1) is 15.1. The molecular weight excluding hydrogens is 416 g/mol. The summed E-state index contributed by atoms with van der Waals surface area (Å²) in [6.45, 7) is 3.95. The Balaban J connectivity index is 2.17. The standard InChI is InChI=1S/C23H22N2O7/c1-11-5-4-6-15(12(11)2)32-10-14-9-13(7-8-16(14)31-3)17-18(22(27)28)20(24)25-21(26)19(17)23(29)30/h4-9H,10H2,1-3H3,(H,27,28)(H,29,30)(H3,24,25,26). The lowest BCUT2D eigenvalue weighted by molar-refractivity contribution is 0.0695. The van der Waals surface area contributed by atoms with Crippen LogP contribution in [0, 0.1) is 13.8 Å². The Morgan fingerprint density at radius 3 is 2.34 bits per heavy atom. The Morgan fingerprint density at radius 2 is 1.72 bits per heavy atom. The molecule has 9 heteroatoms. The number of carboxylic acids is 2. The van der Waals surface area contributed by atoms with E-state index in [1.165, 1.54) is 19.2 Å². The molecular formula is C23H22N2O7. The van der Waals surface area contributed by atoms with Crippen molar-refractivity contribution in [1.82, 2.24) is 4.98 Å². The molecule has 0 aliphatic rings. The molecule has 3 rings (SSSR count). The first-order valence-electron chi connectivity index (χ1n) is 9.54. The molecule has 0 aliphatic carbocycles. The van der Waals surface area contributed by atoms with Gasteiger partial charge in [0.15, 0.2) is 0 Å². The van der Waals surface area contributed by atoms with Gasteiger partial charge in [-0.3, -0.25) is 4.79 Å². The number of carbonyl (C=O) groups is 2. The quantitative estimate of drug-likeness (QED) is 0.439. The zero-order valence-corrected chi connectivity index (χ0v) is 17.7. The average molecular weight is 438 g/mol. The molecule has 5 N–H and O–H groups in total. The number of aromatic amines is 1. The van der Waals surface area contributed by atoms with E-state index in [4.69, 9.17) is 15.2 Å². The van der Waals surface area contributed by atoms with Crippen LogP contribution in [0.15, 0.2) is 41.2 Å². The first kappa shape index (κ1) is 22.4. The number of H-pyrrole nitrogens is 1. The van der Waals surface area contributed by atoms with Gasteiger partial charge >= 0.3 is 11.9 Å². The van der Waals surface area contributed by atoms with Crippen LogP contribution in [0.5, 0.6) is 11.5 Å². The van der Waals surface area contributed by atoms with Crippen LogP contribution in [-0.2, 0) is 6.61 Å². The summed E-state index contributed by atoms with van der Waals surface area (Å²) in [6.07, 6.45) is 0. The number of anilines is 1. The lowest BCUT2D eigenvalue weighted by atomic mass is 9.94. The monoisotopic (exact) mass is 438 g/mol. The minimum atomic E-state index is -1.58.